The molecule has 0 aliphatic heterocycles. The second-order valence-electron chi connectivity index (χ2n) is 4.09. The van der Waals surface area contributed by atoms with E-state index < -0.39 is 0 Å². The summed E-state index contributed by atoms with van der Waals surface area (Å²) >= 11 is 6.05. The Morgan fingerprint density at radius 3 is 2.47 bits per heavy atom. The minimum absolute atomic E-state index is 0.118. The van der Waals surface area contributed by atoms with Crippen LogP contribution >= 0.6 is 11.6 Å². The van der Waals surface area contributed by atoms with E-state index in [9.17, 15) is 0 Å². The van der Waals surface area contributed by atoms with Gasteiger partial charge in [0.25, 0.3) is 0 Å². The van der Waals surface area contributed by atoms with Gasteiger partial charge >= 0.3 is 0 Å². The predicted octanol–water partition coefficient (Wildman–Crippen LogP) is 3.00. The number of ether oxygens (including phenoxy) is 1. The van der Waals surface area contributed by atoms with Crippen molar-refractivity contribution in [2.75, 3.05) is 18.3 Å². The summed E-state index contributed by atoms with van der Waals surface area (Å²) in [4.78, 5) is 8.50. The van der Waals surface area contributed by atoms with Gasteiger partial charge in [0, 0.05) is 11.9 Å². The van der Waals surface area contributed by atoms with Crippen LogP contribution in [0.5, 0.6) is 5.88 Å². The van der Waals surface area contributed by atoms with E-state index >= 15 is 0 Å². The predicted molar refractivity (Wildman–Crippen MR) is 71.0 cm³/mol. The summed E-state index contributed by atoms with van der Waals surface area (Å²) in [7, 11) is 1.60. The second kappa shape index (κ2) is 6.05. The summed E-state index contributed by atoms with van der Waals surface area (Å²) in [5.74, 6) is 2.56. The summed E-state index contributed by atoms with van der Waals surface area (Å²) in [6, 6.07) is 1.79. The highest BCUT2D eigenvalue weighted by atomic mass is 35.5. The van der Waals surface area contributed by atoms with Gasteiger partial charge < -0.3 is 10.1 Å². The van der Waals surface area contributed by atoms with E-state index in [1.807, 2.05) is 6.92 Å². The highest BCUT2D eigenvalue weighted by molar-refractivity contribution is 6.18. The molecule has 1 rings (SSSR count). The van der Waals surface area contributed by atoms with Gasteiger partial charge in [0.2, 0.25) is 5.88 Å². The maximum atomic E-state index is 6.05. The number of aromatic nitrogens is 2. The van der Waals surface area contributed by atoms with Crippen molar-refractivity contribution in [3.63, 3.8) is 0 Å². The molecule has 1 aromatic rings. The second-order valence-corrected chi connectivity index (χ2v) is 4.36. The van der Waals surface area contributed by atoms with Crippen LogP contribution in [-0.2, 0) is 0 Å². The largest absolute Gasteiger partial charge is 0.481 e. The van der Waals surface area contributed by atoms with Crippen molar-refractivity contribution in [2.45, 2.75) is 39.2 Å². The molecule has 1 heterocycles. The Hall–Kier alpha value is -1.03. The number of aryl methyl sites for hydroxylation is 1. The van der Waals surface area contributed by atoms with Gasteiger partial charge in [-0.05, 0) is 19.8 Å². The average molecular weight is 258 g/mol. The number of alkyl halides is 1. The van der Waals surface area contributed by atoms with Gasteiger partial charge in [-0.2, -0.15) is 4.98 Å². The van der Waals surface area contributed by atoms with Crippen molar-refractivity contribution < 1.29 is 4.74 Å². The number of rotatable bonds is 6. The highest BCUT2D eigenvalue weighted by Gasteiger charge is 2.25. The number of methoxy groups -OCH3 is 1. The van der Waals surface area contributed by atoms with Gasteiger partial charge in [0.1, 0.15) is 11.6 Å². The highest BCUT2D eigenvalue weighted by Crippen LogP contribution is 2.24. The van der Waals surface area contributed by atoms with Gasteiger partial charge in [0.15, 0.2) is 0 Å². The Kier molecular flexibility index (Phi) is 5.00. The van der Waals surface area contributed by atoms with Crippen LogP contribution in [0.15, 0.2) is 6.07 Å². The molecule has 1 aromatic heterocycles. The van der Waals surface area contributed by atoms with Gasteiger partial charge in [-0.25, -0.2) is 4.98 Å². The summed E-state index contributed by atoms with van der Waals surface area (Å²) < 4.78 is 5.13. The lowest BCUT2D eigenvalue weighted by atomic mass is 9.95. The van der Waals surface area contributed by atoms with Crippen LogP contribution in [0.3, 0.4) is 0 Å². The molecule has 17 heavy (non-hydrogen) atoms. The molecule has 0 radical (unpaired) electrons. The molecular weight excluding hydrogens is 238 g/mol. The van der Waals surface area contributed by atoms with Crippen LogP contribution in [0.4, 0.5) is 5.82 Å². The zero-order chi connectivity index (χ0) is 12.9. The molecule has 0 amide bonds. The summed E-state index contributed by atoms with van der Waals surface area (Å²) in [6.07, 6.45) is 1.89. The molecule has 5 heteroatoms. The summed E-state index contributed by atoms with van der Waals surface area (Å²) in [6.45, 7) is 6.07. The minimum atomic E-state index is -0.118. The minimum Gasteiger partial charge on any atom is -0.481 e. The Bertz CT molecular complexity index is 359. The fourth-order valence-corrected chi connectivity index (χ4v) is 2.07. The Balaban J connectivity index is 2.96. The number of nitrogens with zero attached hydrogens (tertiary/aromatic N) is 2. The molecule has 1 N–H and O–H groups in total. The SMILES string of the molecule is CCC(CC)(CCl)Nc1cc(OC)nc(C)n1. The number of hydrogen-bond donors (Lipinski definition) is 1. The van der Waals surface area contributed by atoms with Gasteiger partial charge in [-0.1, -0.05) is 13.8 Å². The molecule has 0 unspecified atom stereocenters. The third-order valence-corrected chi connectivity index (χ3v) is 3.54. The van der Waals surface area contributed by atoms with Crippen LogP contribution in [0.25, 0.3) is 0 Å². The molecule has 0 fully saturated rings. The standard InChI is InChI=1S/C12H20ClN3O/c1-5-12(6-2,8-13)16-10-7-11(17-4)15-9(3)14-10/h7H,5-6,8H2,1-4H3,(H,14,15,16). The molecule has 0 spiro atoms. The van der Waals surface area contributed by atoms with Crippen molar-refractivity contribution in [1.29, 1.82) is 0 Å². The summed E-state index contributed by atoms with van der Waals surface area (Å²) in [5, 5.41) is 3.39. The lowest BCUT2D eigenvalue weighted by molar-refractivity contribution is 0.395. The molecule has 0 aliphatic carbocycles. The monoisotopic (exact) mass is 257 g/mol. The molecule has 4 nitrogen and oxygen atoms in total. The van der Waals surface area contributed by atoms with Gasteiger partial charge in [-0.15, -0.1) is 11.6 Å². The van der Waals surface area contributed by atoms with Crippen LogP contribution in [0.1, 0.15) is 32.5 Å². The maximum absolute atomic E-state index is 6.05. The molecule has 0 aliphatic rings. The van der Waals surface area contributed by atoms with Crippen LogP contribution in [0, 0.1) is 6.92 Å². The van der Waals surface area contributed by atoms with Gasteiger partial charge in [0.05, 0.1) is 12.6 Å². The van der Waals surface area contributed by atoms with Gasteiger partial charge in [-0.3, -0.25) is 0 Å². The summed E-state index contributed by atoms with van der Waals surface area (Å²) in [5.41, 5.74) is -0.118. The average Bonchev–Trinajstić information content (AvgIpc) is 2.35. The van der Waals surface area contributed by atoms with E-state index in [0.29, 0.717) is 17.6 Å². The van der Waals surface area contributed by atoms with Crippen LogP contribution < -0.4 is 10.1 Å². The molecule has 96 valence electrons. The Labute approximate surface area is 108 Å². The third kappa shape index (κ3) is 3.46. The smallest absolute Gasteiger partial charge is 0.218 e. The van der Waals surface area contributed by atoms with E-state index in [0.717, 1.165) is 18.7 Å². The molecular formula is C12H20ClN3O. The fraction of sp³-hybridized carbons (Fsp3) is 0.667. The first-order valence-electron chi connectivity index (χ1n) is 5.83. The maximum Gasteiger partial charge on any atom is 0.218 e. The molecule has 0 atom stereocenters. The van der Waals surface area contributed by atoms with Crippen molar-refractivity contribution in [3.05, 3.63) is 11.9 Å². The van der Waals surface area contributed by atoms with Crippen LogP contribution in [-0.4, -0.2) is 28.5 Å². The van der Waals surface area contributed by atoms with E-state index in [-0.39, 0.29) is 5.54 Å². The zero-order valence-corrected chi connectivity index (χ0v) is 11.6. The first kappa shape index (κ1) is 14.0. The van der Waals surface area contributed by atoms with Crippen LogP contribution in [0.2, 0.25) is 0 Å². The van der Waals surface area contributed by atoms with Crippen molar-refractivity contribution in [3.8, 4) is 5.88 Å². The number of hydrogen-bond acceptors (Lipinski definition) is 4. The van der Waals surface area contributed by atoms with E-state index in [1.165, 1.54) is 0 Å². The molecule has 0 bridgehead atoms. The molecule has 0 saturated heterocycles. The van der Waals surface area contributed by atoms with Crippen molar-refractivity contribution in [2.24, 2.45) is 0 Å². The van der Waals surface area contributed by atoms with Crippen molar-refractivity contribution in [1.82, 2.24) is 9.97 Å². The molecule has 0 aromatic carbocycles. The number of anilines is 1. The Morgan fingerprint density at radius 1 is 1.35 bits per heavy atom. The van der Waals surface area contributed by atoms with E-state index in [1.54, 1.807) is 13.2 Å². The van der Waals surface area contributed by atoms with E-state index in [2.05, 4.69) is 29.1 Å². The zero-order valence-electron chi connectivity index (χ0n) is 10.9. The Morgan fingerprint density at radius 2 is 2.00 bits per heavy atom. The fourth-order valence-electron chi connectivity index (χ4n) is 1.63. The first-order chi connectivity index (χ1) is 8.09. The lowest BCUT2D eigenvalue weighted by Gasteiger charge is -2.31. The quantitative estimate of drug-likeness (QED) is 0.796. The number of nitrogens with one attached hydrogen (secondary N) is 1. The topological polar surface area (TPSA) is 47.0 Å². The normalized spacial score (nSPS) is 11.4. The van der Waals surface area contributed by atoms with Crippen molar-refractivity contribution >= 4 is 17.4 Å². The van der Waals surface area contributed by atoms with E-state index in [4.69, 9.17) is 16.3 Å². The molecule has 0 saturated carbocycles. The first-order valence-corrected chi connectivity index (χ1v) is 6.36. The third-order valence-electron chi connectivity index (χ3n) is 3.03. The number of halogens is 1. The lowest BCUT2D eigenvalue weighted by Crippen LogP contribution is -2.39.